The van der Waals surface area contributed by atoms with Crippen LogP contribution in [0.1, 0.15) is 0 Å². The molecule has 0 saturated heterocycles. The largest absolute Gasteiger partial charge is 0.264 e. The van der Waals surface area contributed by atoms with E-state index in [1.165, 1.54) is 43.6 Å². The fraction of sp³-hybridized carbons (Fsp3) is 0. The lowest BCUT2D eigenvalue weighted by molar-refractivity contribution is 1.07. The normalized spacial score (nSPS) is 11.3. The third-order valence-electron chi connectivity index (χ3n) is 10.2. The van der Waals surface area contributed by atoms with Gasteiger partial charge in [0, 0.05) is 34.6 Å². The topological polar surface area (TPSA) is 51.6 Å². The molecule has 0 radical (unpaired) electrons. The number of benzene rings is 8. The first kappa shape index (κ1) is 31.4. The van der Waals surface area contributed by atoms with Gasteiger partial charge < -0.3 is 0 Å². The van der Waals surface area contributed by atoms with Crippen molar-refractivity contribution in [2.24, 2.45) is 0 Å². The van der Waals surface area contributed by atoms with Crippen LogP contribution in [-0.4, -0.2) is 19.9 Å². The molecule has 0 bridgehead atoms. The van der Waals surface area contributed by atoms with Gasteiger partial charge in [-0.25, -0.2) is 15.0 Å². The van der Waals surface area contributed by atoms with Gasteiger partial charge in [-0.3, -0.25) is 4.98 Å². The van der Waals surface area contributed by atoms with Crippen molar-refractivity contribution in [2.45, 2.75) is 0 Å². The monoisotopic (exact) mass is 688 g/mol. The number of nitrogens with zero attached hydrogens (tertiary/aromatic N) is 4. The Labute approximate surface area is 313 Å². The average molecular weight is 689 g/mol. The van der Waals surface area contributed by atoms with Crippen molar-refractivity contribution in [3.63, 3.8) is 0 Å². The molecule has 0 unspecified atom stereocenters. The first-order chi connectivity index (χ1) is 26.8. The highest BCUT2D eigenvalue weighted by Gasteiger charge is 2.19. The van der Waals surface area contributed by atoms with Crippen molar-refractivity contribution in [1.29, 1.82) is 0 Å². The van der Waals surface area contributed by atoms with Crippen LogP contribution in [0.25, 0.3) is 99.9 Å². The fourth-order valence-electron chi connectivity index (χ4n) is 7.58. The maximum atomic E-state index is 5.03. The number of fused-ring (bicyclic) bond motifs is 4. The van der Waals surface area contributed by atoms with Gasteiger partial charge in [-0.2, -0.15) is 0 Å². The Morgan fingerprint density at radius 2 is 0.796 bits per heavy atom. The zero-order valence-corrected chi connectivity index (χ0v) is 29.3. The van der Waals surface area contributed by atoms with E-state index >= 15 is 0 Å². The Bertz CT molecular complexity index is 2960. The van der Waals surface area contributed by atoms with Crippen LogP contribution in [-0.2, 0) is 0 Å². The summed E-state index contributed by atoms with van der Waals surface area (Å²) in [7, 11) is 0. The van der Waals surface area contributed by atoms with Crippen molar-refractivity contribution >= 4 is 32.3 Å². The summed E-state index contributed by atoms with van der Waals surface area (Å²) in [5.74, 6) is 1.93. The second-order valence-corrected chi connectivity index (χ2v) is 13.5. The zero-order chi connectivity index (χ0) is 35.8. The highest BCUT2D eigenvalue weighted by molar-refractivity contribution is 6.22. The molecule has 0 aliphatic heterocycles. The molecule has 0 fully saturated rings. The van der Waals surface area contributed by atoms with Crippen LogP contribution in [0.15, 0.2) is 194 Å². The number of rotatable bonds is 6. The molecule has 10 rings (SSSR count). The maximum Gasteiger partial charge on any atom is 0.164 e. The Morgan fingerprint density at radius 1 is 0.278 bits per heavy atom. The lowest BCUT2D eigenvalue weighted by Crippen LogP contribution is -2.00. The second kappa shape index (κ2) is 13.4. The Hall–Kier alpha value is -7.30. The SMILES string of the molecule is c1ccc(-c2nc(-c3ccc(-c4ccc5c(-c6ccccc6)c(-c6cccnc6)c6ccccc6c5c4)cc3)nc(-c3ccc4ccccc4c3)n2)cc1. The number of pyridine rings is 1. The van der Waals surface area contributed by atoms with Crippen LogP contribution in [0.3, 0.4) is 0 Å². The van der Waals surface area contributed by atoms with E-state index in [1.807, 2.05) is 48.8 Å². The Balaban J connectivity index is 1.10. The van der Waals surface area contributed by atoms with E-state index in [1.54, 1.807) is 0 Å². The Morgan fingerprint density at radius 3 is 1.52 bits per heavy atom. The second-order valence-electron chi connectivity index (χ2n) is 13.5. The average Bonchev–Trinajstić information content (AvgIpc) is 3.26. The van der Waals surface area contributed by atoms with E-state index in [0.29, 0.717) is 17.5 Å². The van der Waals surface area contributed by atoms with Crippen LogP contribution in [0.2, 0.25) is 0 Å². The molecule has 0 saturated carbocycles. The predicted octanol–water partition coefficient (Wildman–Crippen LogP) is 12.7. The maximum absolute atomic E-state index is 5.03. The first-order valence-electron chi connectivity index (χ1n) is 18.1. The van der Waals surface area contributed by atoms with Crippen molar-refractivity contribution in [2.75, 3.05) is 0 Å². The molecule has 0 spiro atoms. The highest BCUT2D eigenvalue weighted by Crippen LogP contribution is 2.45. The van der Waals surface area contributed by atoms with Gasteiger partial charge in [-0.1, -0.05) is 164 Å². The summed E-state index contributed by atoms with van der Waals surface area (Å²) in [6.45, 7) is 0. The van der Waals surface area contributed by atoms with Crippen molar-refractivity contribution in [3.05, 3.63) is 194 Å². The van der Waals surface area contributed by atoms with Gasteiger partial charge in [0.2, 0.25) is 0 Å². The first-order valence-corrected chi connectivity index (χ1v) is 18.1. The molecule has 0 aliphatic carbocycles. The van der Waals surface area contributed by atoms with Gasteiger partial charge in [-0.15, -0.1) is 0 Å². The van der Waals surface area contributed by atoms with Crippen LogP contribution < -0.4 is 0 Å². The Kier molecular flexibility index (Phi) is 7.77. The molecule has 252 valence electrons. The van der Waals surface area contributed by atoms with Crippen LogP contribution in [0, 0.1) is 0 Å². The molecule has 2 aromatic heterocycles. The van der Waals surface area contributed by atoms with Crippen LogP contribution in [0.5, 0.6) is 0 Å². The molecule has 4 nitrogen and oxygen atoms in total. The lowest BCUT2D eigenvalue weighted by atomic mass is 9.84. The molecule has 0 amide bonds. The van der Waals surface area contributed by atoms with E-state index in [2.05, 4.69) is 151 Å². The predicted molar refractivity (Wildman–Crippen MR) is 223 cm³/mol. The summed E-state index contributed by atoms with van der Waals surface area (Å²) in [6, 6.07) is 63.8. The van der Waals surface area contributed by atoms with Crippen LogP contribution in [0.4, 0.5) is 0 Å². The minimum Gasteiger partial charge on any atom is -0.264 e. The smallest absolute Gasteiger partial charge is 0.164 e. The molecule has 10 aromatic rings. The van der Waals surface area contributed by atoms with E-state index in [4.69, 9.17) is 15.0 Å². The van der Waals surface area contributed by atoms with Gasteiger partial charge in [0.25, 0.3) is 0 Å². The minimum absolute atomic E-state index is 0.638. The van der Waals surface area contributed by atoms with E-state index in [9.17, 15) is 0 Å². The highest BCUT2D eigenvalue weighted by atomic mass is 15.0. The van der Waals surface area contributed by atoms with Crippen molar-refractivity contribution in [1.82, 2.24) is 19.9 Å². The van der Waals surface area contributed by atoms with Gasteiger partial charge in [0.05, 0.1) is 0 Å². The summed E-state index contributed by atoms with van der Waals surface area (Å²) in [6.07, 6.45) is 3.80. The number of hydrogen-bond acceptors (Lipinski definition) is 4. The quantitative estimate of drug-likeness (QED) is 0.163. The van der Waals surface area contributed by atoms with Gasteiger partial charge in [0.1, 0.15) is 0 Å². The van der Waals surface area contributed by atoms with Crippen LogP contribution >= 0.6 is 0 Å². The number of aromatic nitrogens is 4. The van der Waals surface area contributed by atoms with Crippen molar-refractivity contribution < 1.29 is 0 Å². The van der Waals surface area contributed by atoms with Gasteiger partial charge >= 0.3 is 0 Å². The lowest BCUT2D eigenvalue weighted by Gasteiger charge is -2.19. The van der Waals surface area contributed by atoms with Gasteiger partial charge in [-0.05, 0) is 78.3 Å². The molecule has 4 heteroatoms. The number of hydrogen-bond donors (Lipinski definition) is 0. The molecule has 2 heterocycles. The fourth-order valence-corrected chi connectivity index (χ4v) is 7.58. The van der Waals surface area contributed by atoms with E-state index in [-0.39, 0.29) is 0 Å². The van der Waals surface area contributed by atoms with E-state index < -0.39 is 0 Å². The minimum atomic E-state index is 0.638. The molecule has 0 atom stereocenters. The third-order valence-corrected chi connectivity index (χ3v) is 10.2. The molecule has 8 aromatic carbocycles. The van der Waals surface area contributed by atoms with Gasteiger partial charge in [0.15, 0.2) is 17.5 Å². The summed E-state index contributed by atoms with van der Waals surface area (Å²) in [5.41, 5.74) is 9.79. The summed E-state index contributed by atoms with van der Waals surface area (Å²) in [5, 5.41) is 7.17. The standard InChI is InChI=1S/C50H32N4/c1-3-13-35(14-4-1)46-44-28-27-39(31-45(44)42-19-9-10-20-43(42)47(46)41-18-11-29-51-32-41)34-21-24-37(25-22-34)49-52-48(36-15-5-2-6-16-36)53-50(54-49)40-26-23-33-12-7-8-17-38(33)30-40/h1-32H. The summed E-state index contributed by atoms with van der Waals surface area (Å²) >= 11 is 0. The summed E-state index contributed by atoms with van der Waals surface area (Å²) in [4.78, 5) is 19.5. The molecular formula is C50H32N4. The summed E-state index contributed by atoms with van der Waals surface area (Å²) < 4.78 is 0. The van der Waals surface area contributed by atoms with E-state index in [0.717, 1.165) is 38.8 Å². The molecule has 54 heavy (non-hydrogen) atoms. The molecular weight excluding hydrogens is 657 g/mol. The molecule has 0 N–H and O–H groups in total. The molecule has 0 aliphatic rings. The van der Waals surface area contributed by atoms with Crippen molar-refractivity contribution in [3.8, 4) is 67.5 Å². The zero-order valence-electron chi connectivity index (χ0n) is 29.3. The third kappa shape index (κ3) is 5.67.